The van der Waals surface area contributed by atoms with E-state index in [0.29, 0.717) is 16.4 Å². The van der Waals surface area contributed by atoms with Gasteiger partial charge in [0.1, 0.15) is 6.33 Å². The quantitative estimate of drug-likeness (QED) is 0.804. The molecule has 1 aromatic carbocycles. The van der Waals surface area contributed by atoms with Crippen LogP contribution in [0.15, 0.2) is 53.8 Å². The fraction of sp³-hybridized carbons (Fsp3) is 0. The van der Waals surface area contributed by atoms with Crippen LogP contribution < -0.4 is 4.72 Å². The number of anilines is 1. The van der Waals surface area contributed by atoms with Crippen molar-refractivity contribution in [3.63, 3.8) is 0 Å². The van der Waals surface area contributed by atoms with Gasteiger partial charge in [0.2, 0.25) is 0 Å². The number of fused-ring (bicyclic) bond motifs is 1. The molecule has 0 aliphatic carbocycles. The lowest BCUT2D eigenvalue weighted by atomic mass is 10.4. The summed E-state index contributed by atoms with van der Waals surface area (Å²) in [5.74, 6) is 0. The molecule has 6 nitrogen and oxygen atoms in total. The Balaban J connectivity index is 1.94. The minimum atomic E-state index is -3.64. The summed E-state index contributed by atoms with van der Waals surface area (Å²) in [4.78, 5) is 0.144. The van der Waals surface area contributed by atoms with Gasteiger partial charge in [0.15, 0.2) is 5.65 Å². The molecule has 0 unspecified atom stereocenters. The van der Waals surface area contributed by atoms with Crippen molar-refractivity contribution in [3.8, 4) is 0 Å². The second-order valence-electron chi connectivity index (χ2n) is 4.07. The van der Waals surface area contributed by atoms with E-state index < -0.39 is 10.0 Å². The predicted molar refractivity (Wildman–Crippen MR) is 75.2 cm³/mol. The van der Waals surface area contributed by atoms with Gasteiger partial charge < -0.3 is 0 Å². The topological polar surface area (TPSA) is 76.4 Å². The molecule has 0 saturated heterocycles. The van der Waals surface area contributed by atoms with Crippen LogP contribution in [-0.4, -0.2) is 23.0 Å². The highest BCUT2D eigenvalue weighted by atomic mass is 35.5. The molecule has 0 radical (unpaired) electrons. The van der Waals surface area contributed by atoms with Gasteiger partial charge in [-0.25, -0.2) is 8.42 Å². The number of hydrogen-bond acceptors (Lipinski definition) is 4. The Morgan fingerprint density at radius 3 is 2.60 bits per heavy atom. The Labute approximate surface area is 120 Å². The van der Waals surface area contributed by atoms with Crippen LogP contribution in [0, 0.1) is 0 Å². The molecule has 2 aromatic heterocycles. The average molecular weight is 309 g/mol. The molecular weight excluding hydrogens is 300 g/mol. The number of sulfonamides is 1. The van der Waals surface area contributed by atoms with Crippen LogP contribution in [0.1, 0.15) is 0 Å². The molecule has 2 heterocycles. The van der Waals surface area contributed by atoms with Crippen LogP contribution in [0.5, 0.6) is 0 Å². The molecule has 0 amide bonds. The maximum atomic E-state index is 12.2. The van der Waals surface area contributed by atoms with Gasteiger partial charge in [-0.15, -0.1) is 10.2 Å². The number of pyridine rings is 1. The summed E-state index contributed by atoms with van der Waals surface area (Å²) in [5.41, 5.74) is 1.06. The first kappa shape index (κ1) is 12.9. The monoisotopic (exact) mass is 308 g/mol. The van der Waals surface area contributed by atoms with E-state index in [1.807, 2.05) is 0 Å². The maximum Gasteiger partial charge on any atom is 0.261 e. The minimum absolute atomic E-state index is 0.144. The van der Waals surface area contributed by atoms with Gasteiger partial charge in [0.25, 0.3) is 10.0 Å². The third kappa shape index (κ3) is 2.45. The molecule has 8 heteroatoms. The van der Waals surface area contributed by atoms with E-state index in [4.69, 9.17) is 11.6 Å². The standard InChI is InChI=1S/C12H9ClN4O2S/c13-9-1-4-11(5-2-9)20(18,19)16-10-3-6-12-15-14-8-17(12)7-10/h1-8,16H. The molecule has 0 spiro atoms. The zero-order valence-electron chi connectivity index (χ0n) is 10.1. The lowest BCUT2D eigenvalue weighted by Gasteiger charge is -2.08. The van der Waals surface area contributed by atoms with Crippen molar-refractivity contribution >= 4 is 33.0 Å². The van der Waals surface area contributed by atoms with Crippen LogP contribution in [0.4, 0.5) is 5.69 Å². The van der Waals surface area contributed by atoms with E-state index in [0.717, 1.165) is 0 Å². The van der Waals surface area contributed by atoms with Crippen molar-refractivity contribution in [1.29, 1.82) is 0 Å². The van der Waals surface area contributed by atoms with Gasteiger partial charge in [-0.1, -0.05) is 11.6 Å². The molecule has 0 bridgehead atoms. The van der Waals surface area contributed by atoms with Gasteiger partial charge in [0, 0.05) is 11.2 Å². The number of halogens is 1. The normalized spacial score (nSPS) is 11.7. The van der Waals surface area contributed by atoms with E-state index in [2.05, 4.69) is 14.9 Å². The van der Waals surface area contributed by atoms with Crippen molar-refractivity contribution in [2.75, 3.05) is 4.72 Å². The van der Waals surface area contributed by atoms with Gasteiger partial charge in [0.05, 0.1) is 10.6 Å². The second kappa shape index (κ2) is 4.77. The lowest BCUT2D eigenvalue weighted by Crippen LogP contribution is -2.13. The molecule has 102 valence electrons. The first-order valence-electron chi connectivity index (χ1n) is 5.62. The van der Waals surface area contributed by atoms with Crippen molar-refractivity contribution in [3.05, 3.63) is 53.9 Å². The minimum Gasteiger partial charge on any atom is -0.287 e. The van der Waals surface area contributed by atoms with Crippen molar-refractivity contribution in [1.82, 2.24) is 14.6 Å². The summed E-state index contributed by atoms with van der Waals surface area (Å²) in [7, 11) is -3.64. The Morgan fingerprint density at radius 1 is 1.10 bits per heavy atom. The molecule has 1 N–H and O–H groups in total. The Morgan fingerprint density at radius 2 is 1.85 bits per heavy atom. The molecule has 0 saturated carbocycles. The first-order chi connectivity index (χ1) is 9.54. The van der Waals surface area contributed by atoms with Crippen molar-refractivity contribution in [2.45, 2.75) is 4.90 Å². The molecule has 0 aliphatic heterocycles. The predicted octanol–water partition coefficient (Wildman–Crippen LogP) is 2.18. The summed E-state index contributed by atoms with van der Waals surface area (Å²) in [5, 5.41) is 8.05. The van der Waals surface area contributed by atoms with Gasteiger partial charge in [-0.3, -0.25) is 9.12 Å². The Hall–Kier alpha value is -2.12. The number of hydrogen-bond donors (Lipinski definition) is 1. The smallest absolute Gasteiger partial charge is 0.261 e. The summed E-state index contributed by atoms with van der Waals surface area (Å²) >= 11 is 5.74. The molecule has 3 aromatic rings. The first-order valence-corrected chi connectivity index (χ1v) is 7.48. The molecule has 0 aliphatic rings. The largest absolute Gasteiger partial charge is 0.287 e. The zero-order valence-corrected chi connectivity index (χ0v) is 11.6. The Kier molecular flexibility index (Phi) is 3.07. The number of rotatable bonds is 3. The third-order valence-electron chi connectivity index (χ3n) is 2.67. The molecule has 20 heavy (non-hydrogen) atoms. The van der Waals surface area contributed by atoms with E-state index >= 15 is 0 Å². The van der Waals surface area contributed by atoms with Crippen LogP contribution in [0.25, 0.3) is 5.65 Å². The third-order valence-corrected chi connectivity index (χ3v) is 4.32. The number of aromatic nitrogens is 3. The molecule has 0 fully saturated rings. The van der Waals surface area contributed by atoms with Gasteiger partial charge in [-0.05, 0) is 36.4 Å². The summed E-state index contributed by atoms with van der Waals surface area (Å²) in [6.07, 6.45) is 3.10. The van der Waals surface area contributed by atoms with Crippen molar-refractivity contribution < 1.29 is 8.42 Å². The maximum absolute atomic E-state index is 12.2. The molecular formula is C12H9ClN4O2S. The molecule has 0 atom stereocenters. The summed E-state index contributed by atoms with van der Waals surface area (Å²) < 4.78 is 28.5. The van der Waals surface area contributed by atoms with Crippen LogP contribution in [0.2, 0.25) is 5.02 Å². The van der Waals surface area contributed by atoms with Gasteiger partial charge >= 0.3 is 0 Å². The average Bonchev–Trinajstić information content (AvgIpc) is 2.86. The van der Waals surface area contributed by atoms with Crippen LogP contribution in [0.3, 0.4) is 0 Å². The van der Waals surface area contributed by atoms with Crippen LogP contribution in [-0.2, 0) is 10.0 Å². The summed E-state index contributed by atoms with van der Waals surface area (Å²) in [6.45, 7) is 0. The number of benzene rings is 1. The van der Waals surface area contributed by atoms with Crippen LogP contribution >= 0.6 is 11.6 Å². The van der Waals surface area contributed by atoms with Crippen molar-refractivity contribution in [2.24, 2.45) is 0 Å². The zero-order chi connectivity index (χ0) is 14.2. The van der Waals surface area contributed by atoms with E-state index in [-0.39, 0.29) is 4.90 Å². The summed E-state index contributed by atoms with van der Waals surface area (Å²) in [6, 6.07) is 9.24. The second-order valence-corrected chi connectivity index (χ2v) is 6.19. The lowest BCUT2D eigenvalue weighted by molar-refractivity contribution is 0.601. The SMILES string of the molecule is O=S(=O)(Nc1ccc2nncn2c1)c1ccc(Cl)cc1. The van der Waals surface area contributed by atoms with E-state index in [1.54, 1.807) is 22.7 Å². The highest BCUT2D eigenvalue weighted by Gasteiger charge is 2.14. The fourth-order valence-electron chi connectivity index (χ4n) is 1.72. The highest BCUT2D eigenvalue weighted by molar-refractivity contribution is 7.92. The van der Waals surface area contributed by atoms with Gasteiger partial charge in [-0.2, -0.15) is 0 Å². The number of nitrogens with zero attached hydrogens (tertiary/aromatic N) is 3. The molecule has 3 rings (SSSR count). The fourth-order valence-corrected chi connectivity index (χ4v) is 2.88. The highest BCUT2D eigenvalue weighted by Crippen LogP contribution is 2.18. The number of nitrogens with one attached hydrogen (secondary N) is 1. The van der Waals surface area contributed by atoms with E-state index in [9.17, 15) is 8.42 Å². The van der Waals surface area contributed by atoms with E-state index in [1.165, 1.54) is 30.6 Å². The Bertz CT molecular complexity index is 859.